The Morgan fingerprint density at radius 3 is 2.74 bits per heavy atom. The first-order chi connectivity index (χ1) is 18.3. The maximum Gasteiger partial charge on any atom is 0.225 e. The van der Waals surface area contributed by atoms with Crippen LogP contribution in [-0.4, -0.2) is 81.7 Å². The van der Waals surface area contributed by atoms with Crippen LogP contribution in [-0.2, 0) is 14.8 Å². The van der Waals surface area contributed by atoms with E-state index in [4.69, 9.17) is 9.88 Å². The first kappa shape index (κ1) is 26.3. The Kier molecular flexibility index (Phi) is 7.77. The summed E-state index contributed by atoms with van der Waals surface area (Å²) in [7, 11) is -3.52. The van der Waals surface area contributed by atoms with Crippen LogP contribution in [0.25, 0.3) is 16.7 Å². The molecule has 1 aliphatic carbocycles. The number of hydrogen-bond donors (Lipinski definition) is 3. The van der Waals surface area contributed by atoms with Gasteiger partial charge in [0.1, 0.15) is 5.75 Å². The minimum atomic E-state index is -3.52. The molecule has 1 unspecified atom stereocenters. The van der Waals surface area contributed by atoms with Crippen molar-refractivity contribution in [3.8, 4) is 11.6 Å². The van der Waals surface area contributed by atoms with Crippen molar-refractivity contribution in [1.29, 1.82) is 0 Å². The molecule has 0 spiro atoms. The van der Waals surface area contributed by atoms with Crippen LogP contribution in [0.3, 0.4) is 0 Å². The summed E-state index contributed by atoms with van der Waals surface area (Å²) < 4.78 is 29.8. The number of ether oxygens (including phenoxy) is 1. The van der Waals surface area contributed by atoms with Gasteiger partial charge in [0.25, 0.3) is 0 Å². The van der Waals surface area contributed by atoms with Crippen LogP contribution >= 0.6 is 0 Å². The number of aromatic nitrogens is 4. The number of benzene rings is 1. The fraction of sp³-hybridized carbons (Fsp3) is 0.520. The van der Waals surface area contributed by atoms with Crippen LogP contribution in [0.2, 0.25) is 0 Å². The summed E-state index contributed by atoms with van der Waals surface area (Å²) in [6, 6.07) is 7.51. The zero-order chi connectivity index (χ0) is 26.7. The number of sulfonamides is 1. The molecule has 1 amide bonds. The third kappa shape index (κ3) is 6.22. The number of fused-ring (bicyclic) bond motifs is 1. The van der Waals surface area contributed by atoms with E-state index in [2.05, 4.69) is 20.4 Å². The molecule has 12 nitrogen and oxygen atoms in total. The van der Waals surface area contributed by atoms with Gasteiger partial charge in [-0.25, -0.2) is 23.2 Å². The first-order valence-corrected chi connectivity index (χ1v) is 14.7. The lowest BCUT2D eigenvalue weighted by Crippen LogP contribution is -2.38. The molecule has 38 heavy (non-hydrogen) atoms. The van der Waals surface area contributed by atoms with Crippen LogP contribution in [0.5, 0.6) is 5.75 Å². The van der Waals surface area contributed by atoms with Crippen molar-refractivity contribution in [3.05, 3.63) is 36.7 Å². The molecule has 204 valence electrons. The molecule has 4 N–H and O–H groups in total. The molecule has 0 bridgehead atoms. The lowest BCUT2D eigenvalue weighted by Gasteiger charge is -2.30. The molecule has 0 radical (unpaired) electrons. The fourth-order valence-corrected chi connectivity index (χ4v) is 5.70. The Bertz CT molecular complexity index is 1390. The van der Waals surface area contributed by atoms with E-state index in [1.165, 1.54) is 0 Å². The van der Waals surface area contributed by atoms with Gasteiger partial charge in [0, 0.05) is 37.3 Å². The number of anilines is 1. The number of nitrogens with one attached hydrogen (secondary N) is 1. The van der Waals surface area contributed by atoms with Gasteiger partial charge in [-0.1, -0.05) is 6.07 Å². The zero-order valence-electron chi connectivity index (χ0n) is 21.1. The standard InChI is InChI=1S/C25H33N7O5S/c26-38(35,36)14-2-13-37-22-4-1-3-21-20(22)15-28-32(21)23-9-11-27-25(30-23)29-18-7-5-17(6-8-18)24(34)31-12-10-19(33)16-31/h1,3-4,9,11,15,17-19,33H,2,5-8,10,12-14,16H2,(H2,26,35,36)(H,27,29,30). The quantitative estimate of drug-likeness (QED) is 0.339. The molecule has 3 aromatic rings. The van der Waals surface area contributed by atoms with E-state index >= 15 is 0 Å². The third-order valence-electron chi connectivity index (χ3n) is 7.15. The number of primary sulfonamides is 1. The topological polar surface area (TPSA) is 166 Å². The second-order valence-electron chi connectivity index (χ2n) is 9.97. The normalized spacial score (nSPS) is 22.1. The Labute approximate surface area is 221 Å². The molecule has 1 saturated carbocycles. The van der Waals surface area contributed by atoms with Gasteiger partial charge >= 0.3 is 0 Å². The van der Waals surface area contributed by atoms with Crippen LogP contribution in [0.4, 0.5) is 5.95 Å². The van der Waals surface area contributed by atoms with Gasteiger partial charge in [0.2, 0.25) is 21.9 Å². The van der Waals surface area contributed by atoms with E-state index < -0.39 is 16.1 Å². The van der Waals surface area contributed by atoms with Crippen molar-refractivity contribution in [1.82, 2.24) is 24.6 Å². The fourth-order valence-electron chi connectivity index (χ4n) is 5.18. The average Bonchev–Trinajstić information content (AvgIpc) is 3.53. The van der Waals surface area contributed by atoms with Crippen molar-refractivity contribution < 1.29 is 23.1 Å². The summed E-state index contributed by atoms with van der Waals surface area (Å²) in [6.07, 6.45) is 7.22. The number of aliphatic hydroxyl groups is 1. The molecule has 2 aromatic heterocycles. The van der Waals surface area contributed by atoms with Crippen molar-refractivity contribution >= 4 is 32.8 Å². The minimum absolute atomic E-state index is 0.0113. The second kappa shape index (κ2) is 11.2. The molecule has 2 fully saturated rings. The molecular weight excluding hydrogens is 510 g/mol. The lowest BCUT2D eigenvalue weighted by atomic mass is 9.85. The van der Waals surface area contributed by atoms with Crippen molar-refractivity contribution in [3.63, 3.8) is 0 Å². The number of amides is 1. The van der Waals surface area contributed by atoms with Crippen molar-refractivity contribution in [2.24, 2.45) is 11.1 Å². The van der Waals surface area contributed by atoms with Crippen molar-refractivity contribution in [2.45, 2.75) is 50.7 Å². The largest absolute Gasteiger partial charge is 0.493 e. The van der Waals surface area contributed by atoms with Crippen LogP contribution < -0.4 is 15.2 Å². The number of β-amino-alcohol motifs (C(OH)–C–C–N with tert-alkyl or cyclic N) is 1. The molecule has 2 aliphatic rings. The Morgan fingerprint density at radius 2 is 2.00 bits per heavy atom. The summed E-state index contributed by atoms with van der Waals surface area (Å²) in [5.74, 6) is 1.73. The molecule has 1 atom stereocenters. The number of likely N-dealkylation sites (tertiary alicyclic amines) is 1. The summed E-state index contributed by atoms with van der Waals surface area (Å²) in [5.41, 5.74) is 0.796. The SMILES string of the molecule is NS(=O)(=O)CCCOc1cccc2c1cnn2-c1ccnc(NC2CCC(C(=O)N3CCC(O)C3)CC2)n1. The Hall–Kier alpha value is -3.29. The zero-order valence-corrected chi connectivity index (χ0v) is 21.9. The van der Waals surface area contributed by atoms with E-state index in [9.17, 15) is 18.3 Å². The van der Waals surface area contributed by atoms with E-state index in [0.717, 1.165) is 36.6 Å². The highest BCUT2D eigenvalue weighted by molar-refractivity contribution is 7.89. The van der Waals surface area contributed by atoms with E-state index in [1.54, 1.807) is 28.0 Å². The summed E-state index contributed by atoms with van der Waals surface area (Å²) in [4.78, 5) is 23.6. The molecule has 1 aliphatic heterocycles. The summed E-state index contributed by atoms with van der Waals surface area (Å²) >= 11 is 0. The van der Waals surface area contributed by atoms with E-state index in [1.807, 2.05) is 18.2 Å². The number of hydrogen-bond acceptors (Lipinski definition) is 9. The summed E-state index contributed by atoms with van der Waals surface area (Å²) in [6.45, 7) is 1.31. The first-order valence-electron chi connectivity index (χ1n) is 12.9. The maximum atomic E-state index is 12.8. The minimum Gasteiger partial charge on any atom is -0.493 e. The average molecular weight is 544 g/mol. The van der Waals surface area contributed by atoms with E-state index in [0.29, 0.717) is 43.4 Å². The summed E-state index contributed by atoms with van der Waals surface area (Å²) in [5, 5.41) is 23.5. The van der Waals surface area contributed by atoms with Crippen molar-refractivity contribution in [2.75, 3.05) is 30.8 Å². The molecule has 1 saturated heterocycles. The van der Waals surface area contributed by atoms with Gasteiger partial charge in [-0.3, -0.25) is 4.79 Å². The monoisotopic (exact) mass is 543 g/mol. The van der Waals surface area contributed by atoms with Gasteiger partial charge < -0.3 is 20.1 Å². The molecule has 1 aromatic carbocycles. The Morgan fingerprint density at radius 1 is 1.18 bits per heavy atom. The highest BCUT2D eigenvalue weighted by Crippen LogP contribution is 2.30. The number of nitrogens with two attached hydrogens (primary N) is 1. The number of carbonyl (C=O) groups excluding carboxylic acids is 1. The van der Waals surface area contributed by atoms with Gasteiger partial charge in [-0.2, -0.15) is 10.1 Å². The number of aliphatic hydroxyl groups excluding tert-OH is 1. The highest BCUT2D eigenvalue weighted by Gasteiger charge is 2.33. The predicted molar refractivity (Wildman–Crippen MR) is 141 cm³/mol. The number of carbonyl (C=O) groups is 1. The molecule has 13 heteroatoms. The molecular formula is C25H33N7O5S. The second-order valence-corrected chi connectivity index (χ2v) is 11.7. The van der Waals surface area contributed by atoms with Crippen LogP contribution in [0.15, 0.2) is 36.7 Å². The predicted octanol–water partition coefficient (Wildman–Crippen LogP) is 1.44. The third-order valence-corrected chi connectivity index (χ3v) is 8.00. The van der Waals surface area contributed by atoms with Gasteiger partial charge in [0.15, 0.2) is 5.82 Å². The van der Waals surface area contributed by atoms with Crippen LogP contribution in [0.1, 0.15) is 38.5 Å². The van der Waals surface area contributed by atoms with Gasteiger partial charge in [-0.15, -0.1) is 0 Å². The smallest absolute Gasteiger partial charge is 0.225 e. The highest BCUT2D eigenvalue weighted by atomic mass is 32.2. The lowest BCUT2D eigenvalue weighted by molar-refractivity contribution is -0.135. The van der Waals surface area contributed by atoms with Gasteiger partial charge in [0.05, 0.1) is 35.6 Å². The van der Waals surface area contributed by atoms with Crippen LogP contribution in [0, 0.1) is 5.92 Å². The number of rotatable bonds is 9. The molecule has 3 heterocycles. The maximum absolute atomic E-state index is 12.8. The molecule has 5 rings (SSSR count). The van der Waals surface area contributed by atoms with E-state index in [-0.39, 0.29) is 30.2 Å². The Balaban J connectivity index is 1.21. The number of nitrogens with zero attached hydrogens (tertiary/aromatic N) is 5. The van der Waals surface area contributed by atoms with Gasteiger partial charge in [-0.05, 0) is 50.7 Å².